The van der Waals surface area contributed by atoms with Crippen molar-refractivity contribution in [1.29, 1.82) is 0 Å². The second kappa shape index (κ2) is 9.24. The normalized spacial score (nSPS) is 12.0. The van der Waals surface area contributed by atoms with Gasteiger partial charge in [-0.2, -0.15) is 5.01 Å². The molecule has 0 saturated carbocycles. The number of hydrogen-bond acceptors (Lipinski definition) is 4. The third-order valence-electron chi connectivity index (χ3n) is 6.03. The van der Waals surface area contributed by atoms with Crippen molar-refractivity contribution in [3.05, 3.63) is 59.8 Å². The Morgan fingerprint density at radius 3 is 2.36 bits per heavy atom. The number of aromatic nitrogens is 2. The Kier molecular flexibility index (Phi) is 6.80. The molecule has 2 heterocycles. The van der Waals surface area contributed by atoms with E-state index in [1.807, 2.05) is 41.8 Å². The largest absolute Gasteiger partial charge is 0.464 e. The quantitative estimate of drug-likeness (QED) is 0.334. The fourth-order valence-electron chi connectivity index (χ4n) is 3.15. The molecule has 3 aromatic rings. The molecule has 3 N–H and O–H groups in total. The van der Waals surface area contributed by atoms with Crippen molar-refractivity contribution < 1.29 is 24.2 Å². The van der Waals surface area contributed by atoms with Crippen molar-refractivity contribution in [2.24, 2.45) is 0 Å². The molecular weight excluding hydrogens is 440 g/mol. The van der Waals surface area contributed by atoms with Crippen LogP contribution in [-0.4, -0.2) is 40.3 Å². The first-order chi connectivity index (χ1) is 15.4. The van der Waals surface area contributed by atoms with Gasteiger partial charge in [-0.1, -0.05) is 51.1 Å². The summed E-state index contributed by atoms with van der Waals surface area (Å²) in [5, 5.41) is 18.9. The van der Waals surface area contributed by atoms with E-state index in [0.29, 0.717) is 23.7 Å². The third kappa shape index (κ3) is 5.52. The van der Waals surface area contributed by atoms with Crippen LogP contribution in [0.5, 0.6) is 0 Å². The van der Waals surface area contributed by atoms with Crippen LogP contribution < -0.4 is 10.4 Å². The predicted octanol–water partition coefficient (Wildman–Crippen LogP) is 5.27. The molecular formula is C23H30N4O5Si. The molecule has 2 amide bonds. The Balaban J connectivity index is 2.04. The first kappa shape index (κ1) is 24.3. The second-order valence-electron chi connectivity index (χ2n) is 9.37. The van der Waals surface area contributed by atoms with Crippen molar-refractivity contribution in [1.82, 2.24) is 15.0 Å². The molecule has 0 radical (unpaired) electrons. The van der Waals surface area contributed by atoms with Gasteiger partial charge in [0, 0.05) is 12.2 Å². The molecule has 0 bridgehead atoms. The Hall–Kier alpha value is -3.37. The van der Waals surface area contributed by atoms with E-state index in [1.165, 1.54) is 6.07 Å². The summed E-state index contributed by atoms with van der Waals surface area (Å²) in [6.07, 6.45) is -2.97. The van der Waals surface area contributed by atoms with E-state index in [-0.39, 0.29) is 10.9 Å². The van der Waals surface area contributed by atoms with Crippen LogP contribution in [0.1, 0.15) is 32.0 Å². The van der Waals surface area contributed by atoms with Crippen molar-refractivity contribution in [2.75, 3.05) is 5.01 Å². The number of pyridine rings is 1. The maximum atomic E-state index is 11.5. The lowest BCUT2D eigenvalue weighted by Crippen LogP contribution is -2.45. The SMILES string of the molecule is CC(C)(C)[Si](C)(C)OCc1cc2nc(N(NC(=O)O)C(=O)O)ccc2n1Cc1ccccc1. The van der Waals surface area contributed by atoms with E-state index in [4.69, 9.17) is 9.53 Å². The number of carbonyl (C=O) groups is 2. The van der Waals surface area contributed by atoms with E-state index in [0.717, 1.165) is 16.8 Å². The highest BCUT2D eigenvalue weighted by Gasteiger charge is 2.37. The van der Waals surface area contributed by atoms with E-state index >= 15 is 0 Å². The lowest BCUT2D eigenvalue weighted by Gasteiger charge is -2.36. The zero-order valence-corrected chi connectivity index (χ0v) is 20.5. The Bertz CT molecular complexity index is 1150. The Labute approximate surface area is 193 Å². The summed E-state index contributed by atoms with van der Waals surface area (Å²) in [5.41, 5.74) is 5.22. The van der Waals surface area contributed by atoms with Crippen molar-refractivity contribution >= 4 is 37.4 Å². The van der Waals surface area contributed by atoms with E-state index < -0.39 is 20.5 Å². The van der Waals surface area contributed by atoms with Gasteiger partial charge in [-0.3, -0.25) is 0 Å². The van der Waals surface area contributed by atoms with Gasteiger partial charge in [0.1, 0.15) is 0 Å². The highest BCUT2D eigenvalue weighted by atomic mass is 28.4. The van der Waals surface area contributed by atoms with Gasteiger partial charge in [-0.05, 0) is 41.9 Å². The Morgan fingerprint density at radius 2 is 1.79 bits per heavy atom. The average molecular weight is 471 g/mol. The predicted molar refractivity (Wildman–Crippen MR) is 129 cm³/mol. The van der Waals surface area contributed by atoms with Gasteiger partial charge in [0.2, 0.25) is 0 Å². The highest BCUT2D eigenvalue weighted by Crippen LogP contribution is 2.37. The second-order valence-corrected chi connectivity index (χ2v) is 14.2. The zero-order valence-electron chi connectivity index (χ0n) is 19.5. The average Bonchev–Trinajstić information content (AvgIpc) is 3.07. The summed E-state index contributed by atoms with van der Waals surface area (Å²) < 4.78 is 8.55. The summed E-state index contributed by atoms with van der Waals surface area (Å²) in [4.78, 5) is 27.0. The molecule has 0 aliphatic carbocycles. The number of rotatable bonds is 6. The molecule has 176 valence electrons. The van der Waals surface area contributed by atoms with Gasteiger partial charge in [-0.25, -0.2) is 20.0 Å². The molecule has 0 unspecified atom stereocenters. The molecule has 0 saturated heterocycles. The first-order valence-corrected chi connectivity index (χ1v) is 13.5. The number of anilines is 1. The minimum absolute atomic E-state index is 0.0360. The van der Waals surface area contributed by atoms with Crippen molar-refractivity contribution in [3.8, 4) is 0 Å². The van der Waals surface area contributed by atoms with Gasteiger partial charge < -0.3 is 19.2 Å². The molecule has 10 heteroatoms. The van der Waals surface area contributed by atoms with Crippen LogP contribution in [0.25, 0.3) is 11.0 Å². The lowest BCUT2D eigenvalue weighted by molar-refractivity contribution is 0.181. The van der Waals surface area contributed by atoms with Crippen LogP contribution in [0.3, 0.4) is 0 Å². The number of nitrogens with one attached hydrogen (secondary N) is 1. The van der Waals surface area contributed by atoms with Crippen molar-refractivity contribution in [2.45, 2.75) is 52.1 Å². The minimum atomic E-state index is -2.01. The fraction of sp³-hybridized carbons (Fsp3) is 0.348. The maximum Gasteiger partial charge on any atom is 0.432 e. The minimum Gasteiger partial charge on any atom is -0.464 e. The summed E-state index contributed by atoms with van der Waals surface area (Å²) >= 11 is 0. The number of nitrogens with zero attached hydrogens (tertiary/aromatic N) is 3. The zero-order chi connectivity index (χ0) is 24.4. The number of hydrazine groups is 1. The molecule has 0 aliphatic rings. The van der Waals surface area contributed by atoms with Gasteiger partial charge in [0.05, 0.1) is 17.6 Å². The standard InChI is InChI=1S/C23H30N4O5Si/c1-23(2,3)33(4,5)32-15-17-13-18-19(26(17)14-16-9-7-6-8-10-16)11-12-20(24-18)27(22(30)31)25-21(28)29/h6-13,25H,14-15H2,1-5H3,(H,28,29)(H,30,31). The number of fused-ring (bicyclic) bond motifs is 1. The van der Waals surface area contributed by atoms with Gasteiger partial charge in [0.25, 0.3) is 0 Å². The van der Waals surface area contributed by atoms with Gasteiger partial charge >= 0.3 is 12.2 Å². The third-order valence-corrected chi connectivity index (χ3v) is 10.5. The highest BCUT2D eigenvalue weighted by molar-refractivity contribution is 6.74. The van der Waals surface area contributed by atoms with Crippen molar-refractivity contribution in [3.63, 3.8) is 0 Å². The molecule has 33 heavy (non-hydrogen) atoms. The maximum absolute atomic E-state index is 11.5. The Morgan fingerprint density at radius 1 is 1.12 bits per heavy atom. The molecule has 1 aromatic carbocycles. The molecule has 0 fully saturated rings. The van der Waals surface area contributed by atoms with Crippen LogP contribution in [-0.2, 0) is 17.6 Å². The topological polar surface area (TPSA) is 117 Å². The summed E-state index contributed by atoms with van der Waals surface area (Å²) in [6, 6.07) is 15.1. The van der Waals surface area contributed by atoms with Gasteiger partial charge in [-0.15, -0.1) is 0 Å². The molecule has 0 aliphatic heterocycles. The van der Waals surface area contributed by atoms with Crippen LogP contribution in [0.4, 0.5) is 15.4 Å². The number of carboxylic acid groups (broad SMARTS) is 2. The molecule has 9 nitrogen and oxygen atoms in total. The smallest absolute Gasteiger partial charge is 0.432 e. The molecule has 2 aromatic heterocycles. The fourth-order valence-corrected chi connectivity index (χ4v) is 4.09. The number of benzene rings is 1. The van der Waals surface area contributed by atoms with Crippen LogP contribution in [0, 0.1) is 0 Å². The first-order valence-electron chi connectivity index (χ1n) is 10.6. The lowest BCUT2D eigenvalue weighted by atomic mass is 10.2. The molecule has 0 spiro atoms. The van der Waals surface area contributed by atoms with Crippen LogP contribution in [0.15, 0.2) is 48.5 Å². The van der Waals surface area contributed by atoms with Gasteiger partial charge in [0.15, 0.2) is 14.1 Å². The number of hydrogen-bond donors (Lipinski definition) is 3. The summed E-state index contributed by atoms with van der Waals surface area (Å²) in [5.74, 6) is -0.0360. The van der Waals surface area contributed by atoms with E-state index in [9.17, 15) is 14.7 Å². The monoisotopic (exact) mass is 470 g/mol. The van der Waals surface area contributed by atoms with E-state index in [2.05, 4.69) is 43.4 Å². The molecule has 0 atom stereocenters. The van der Waals surface area contributed by atoms with Crippen LogP contribution in [0.2, 0.25) is 18.1 Å². The summed E-state index contributed by atoms with van der Waals surface area (Å²) in [6.45, 7) is 11.9. The molecule has 3 rings (SSSR count). The van der Waals surface area contributed by atoms with E-state index in [1.54, 1.807) is 6.07 Å². The summed E-state index contributed by atoms with van der Waals surface area (Å²) in [7, 11) is -2.01. The number of amides is 2. The van der Waals surface area contributed by atoms with Crippen LogP contribution >= 0.6 is 0 Å².